The van der Waals surface area contributed by atoms with E-state index in [-0.39, 0.29) is 41.3 Å². The van der Waals surface area contributed by atoms with Gasteiger partial charge in [0, 0.05) is 23.7 Å². The summed E-state index contributed by atoms with van der Waals surface area (Å²) in [6, 6.07) is 3.82. The Labute approximate surface area is 207 Å². The Balaban J connectivity index is 1.93. The van der Waals surface area contributed by atoms with E-state index in [0.29, 0.717) is 5.56 Å². The second kappa shape index (κ2) is 11.6. The molecular formula is C28H39BrO4. The maximum atomic E-state index is 11.3. The molecule has 0 saturated heterocycles. The smallest absolute Gasteiger partial charge is 0.302 e. The van der Waals surface area contributed by atoms with Crippen LogP contribution >= 0.6 is 15.9 Å². The molecule has 1 aromatic carbocycles. The molecule has 1 saturated carbocycles. The van der Waals surface area contributed by atoms with Crippen LogP contribution in [0, 0.1) is 5.92 Å². The number of halogens is 1. The number of hydrogen-bond acceptors (Lipinski definition) is 4. The first-order valence-electron chi connectivity index (χ1n) is 12.4. The van der Waals surface area contributed by atoms with Gasteiger partial charge in [-0.25, -0.2) is 0 Å². The van der Waals surface area contributed by atoms with E-state index in [1.165, 1.54) is 32.6 Å². The number of rotatable bonds is 10. The van der Waals surface area contributed by atoms with Crippen LogP contribution in [0.5, 0.6) is 11.5 Å². The summed E-state index contributed by atoms with van der Waals surface area (Å²) in [6.45, 7) is 7.84. The average molecular weight is 520 g/mol. The van der Waals surface area contributed by atoms with Gasteiger partial charge in [-0.05, 0) is 80.1 Å². The Bertz CT molecular complexity index is 859. The van der Waals surface area contributed by atoms with Gasteiger partial charge in [0.15, 0.2) is 0 Å². The maximum Gasteiger partial charge on any atom is 0.302 e. The first-order valence-corrected chi connectivity index (χ1v) is 13.5. The quantitative estimate of drug-likeness (QED) is 0.146. The van der Waals surface area contributed by atoms with Crippen molar-refractivity contribution in [1.82, 2.24) is 0 Å². The zero-order valence-corrected chi connectivity index (χ0v) is 21.8. The van der Waals surface area contributed by atoms with Gasteiger partial charge in [-0.3, -0.25) is 4.79 Å². The molecule has 0 aromatic heterocycles. The summed E-state index contributed by atoms with van der Waals surface area (Å²) in [5, 5.41) is 23.4. The number of carbonyl (C=O) groups excluding carboxylic acids is 1. The average Bonchev–Trinajstić information content (AvgIpc) is 3.25. The van der Waals surface area contributed by atoms with E-state index in [1.807, 2.05) is 19.1 Å². The first kappa shape index (κ1) is 25.9. The van der Waals surface area contributed by atoms with E-state index in [9.17, 15) is 15.0 Å². The van der Waals surface area contributed by atoms with Crippen molar-refractivity contribution in [2.45, 2.75) is 89.4 Å². The SMILES string of the molecule is C=C(C)[C@H]1CCC(COC(C)=O)=C[C@@H]1c1c(O)cc(C2(CCCCCBr)CCCC2)cc1O. The highest BCUT2D eigenvalue weighted by atomic mass is 79.9. The molecular weight excluding hydrogens is 480 g/mol. The number of alkyl halides is 1. The van der Waals surface area contributed by atoms with Crippen LogP contribution < -0.4 is 0 Å². The highest BCUT2D eigenvalue weighted by Crippen LogP contribution is 2.51. The zero-order valence-electron chi connectivity index (χ0n) is 20.2. The number of allylic oxidation sites excluding steroid dienone is 2. The van der Waals surface area contributed by atoms with Crippen LogP contribution in [0.2, 0.25) is 0 Å². The van der Waals surface area contributed by atoms with Gasteiger partial charge in [-0.15, -0.1) is 0 Å². The summed E-state index contributed by atoms with van der Waals surface area (Å²) >= 11 is 3.52. The summed E-state index contributed by atoms with van der Waals surface area (Å²) in [7, 11) is 0. The van der Waals surface area contributed by atoms with Crippen molar-refractivity contribution in [3.05, 3.63) is 47.1 Å². The Morgan fingerprint density at radius 3 is 2.39 bits per heavy atom. The number of aromatic hydroxyl groups is 2. The third-order valence-electron chi connectivity index (χ3n) is 7.65. The third-order valence-corrected chi connectivity index (χ3v) is 8.21. The lowest BCUT2D eigenvalue weighted by molar-refractivity contribution is -0.140. The Kier molecular flexibility index (Phi) is 9.09. The minimum Gasteiger partial charge on any atom is -0.507 e. The van der Waals surface area contributed by atoms with Crippen molar-refractivity contribution >= 4 is 21.9 Å². The van der Waals surface area contributed by atoms with Gasteiger partial charge >= 0.3 is 5.97 Å². The number of ether oxygens (including phenoxy) is 1. The van der Waals surface area contributed by atoms with Gasteiger partial charge in [0.1, 0.15) is 18.1 Å². The molecule has 0 amide bonds. The molecule has 0 bridgehead atoms. The lowest BCUT2D eigenvalue weighted by Crippen LogP contribution is -2.23. The standard InChI is InChI=1S/C28H39BrO4/c1-19(2)23-10-9-21(18-33-20(3)30)15-24(23)27-25(31)16-22(17-26(27)32)28(12-6-7-13-28)11-5-4-8-14-29/h15-17,23-24,31-32H,1,4-14,18H2,2-3H3/t23-,24+/m1/s1. The van der Waals surface area contributed by atoms with Crippen LogP contribution in [0.15, 0.2) is 35.9 Å². The molecule has 0 unspecified atom stereocenters. The van der Waals surface area contributed by atoms with Crippen LogP contribution in [0.25, 0.3) is 0 Å². The fourth-order valence-electron chi connectivity index (χ4n) is 5.87. The topological polar surface area (TPSA) is 66.8 Å². The summed E-state index contributed by atoms with van der Waals surface area (Å²) < 4.78 is 5.22. The summed E-state index contributed by atoms with van der Waals surface area (Å²) in [4.78, 5) is 11.3. The van der Waals surface area contributed by atoms with E-state index in [4.69, 9.17) is 4.74 Å². The highest BCUT2D eigenvalue weighted by molar-refractivity contribution is 9.09. The number of hydrogen-bond donors (Lipinski definition) is 2. The summed E-state index contributed by atoms with van der Waals surface area (Å²) in [6.07, 6.45) is 13.0. The molecule has 2 N–H and O–H groups in total. The second-order valence-electron chi connectivity index (χ2n) is 10.0. The Morgan fingerprint density at radius 2 is 1.82 bits per heavy atom. The van der Waals surface area contributed by atoms with Crippen molar-refractivity contribution in [3.63, 3.8) is 0 Å². The molecule has 0 heterocycles. The molecule has 0 radical (unpaired) electrons. The van der Waals surface area contributed by atoms with Crippen molar-refractivity contribution in [3.8, 4) is 11.5 Å². The number of carbonyl (C=O) groups is 1. The minimum atomic E-state index is -0.303. The predicted molar refractivity (Wildman–Crippen MR) is 137 cm³/mol. The predicted octanol–water partition coefficient (Wildman–Crippen LogP) is 7.42. The van der Waals surface area contributed by atoms with Crippen LogP contribution in [-0.4, -0.2) is 28.1 Å². The van der Waals surface area contributed by atoms with Gasteiger partial charge in [0.25, 0.3) is 0 Å². The van der Waals surface area contributed by atoms with E-state index in [0.717, 1.165) is 60.6 Å². The van der Waals surface area contributed by atoms with E-state index in [1.54, 1.807) is 0 Å². The number of phenols is 2. The van der Waals surface area contributed by atoms with Crippen molar-refractivity contribution in [1.29, 1.82) is 0 Å². The molecule has 5 heteroatoms. The zero-order chi connectivity index (χ0) is 24.0. The van der Waals surface area contributed by atoms with E-state index < -0.39 is 0 Å². The van der Waals surface area contributed by atoms with Gasteiger partial charge in [0.2, 0.25) is 0 Å². The molecule has 2 aliphatic carbocycles. The first-order chi connectivity index (χ1) is 15.8. The van der Waals surface area contributed by atoms with Gasteiger partial charge < -0.3 is 14.9 Å². The molecule has 2 atom stereocenters. The lowest BCUT2D eigenvalue weighted by Gasteiger charge is -2.34. The second-order valence-corrected chi connectivity index (χ2v) is 10.8. The molecule has 1 fully saturated rings. The lowest BCUT2D eigenvalue weighted by atomic mass is 9.71. The fourth-order valence-corrected chi connectivity index (χ4v) is 6.26. The number of unbranched alkanes of at least 4 members (excludes halogenated alkanes) is 2. The van der Waals surface area contributed by atoms with Crippen LogP contribution in [0.4, 0.5) is 0 Å². The van der Waals surface area contributed by atoms with Crippen molar-refractivity contribution < 1.29 is 19.7 Å². The number of benzene rings is 1. The molecule has 182 valence electrons. The molecule has 2 aliphatic rings. The summed E-state index contributed by atoms with van der Waals surface area (Å²) in [5.41, 5.74) is 3.75. The minimum absolute atomic E-state index is 0.0520. The molecule has 3 rings (SSSR count). The monoisotopic (exact) mass is 518 g/mol. The normalized spacial score (nSPS) is 22.1. The largest absolute Gasteiger partial charge is 0.507 e. The van der Waals surface area contributed by atoms with Crippen LogP contribution in [0.3, 0.4) is 0 Å². The molecule has 33 heavy (non-hydrogen) atoms. The molecule has 0 aliphatic heterocycles. The van der Waals surface area contributed by atoms with Crippen molar-refractivity contribution in [2.24, 2.45) is 5.92 Å². The Hall–Kier alpha value is -1.75. The highest BCUT2D eigenvalue weighted by Gasteiger charge is 2.37. The van der Waals surface area contributed by atoms with Crippen LogP contribution in [0.1, 0.15) is 95.1 Å². The third kappa shape index (κ3) is 6.23. The van der Waals surface area contributed by atoms with Gasteiger partial charge in [-0.1, -0.05) is 59.8 Å². The molecule has 0 spiro atoms. The van der Waals surface area contributed by atoms with Gasteiger partial charge in [0.05, 0.1) is 0 Å². The van der Waals surface area contributed by atoms with E-state index >= 15 is 0 Å². The number of esters is 1. The maximum absolute atomic E-state index is 11.3. The molecule has 4 nitrogen and oxygen atoms in total. The summed E-state index contributed by atoms with van der Waals surface area (Å²) in [5.74, 6) is -0.0359. The fraction of sp³-hybridized carbons (Fsp3) is 0.607. The molecule has 1 aromatic rings. The van der Waals surface area contributed by atoms with E-state index in [2.05, 4.69) is 28.6 Å². The van der Waals surface area contributed by atoms with Gasteiger partial charge in [-0.2, -0.15) is 0 Å². The van der Waals surface area contributed by atoms with Crippen LogP contribution in [-0.2, 0) is 14.9 Å². The Morgan fingerprint density at radius 1 is 1.15 bits per heavy atom. The number of phenolic OH excluding ortho intramolecular Hbond substituents is 2. The van der Waals surface area contributed by atoms with Crippen molar-refractivity contribution in [2.75, 3.05) is 11.9 Å².